The van der Waals surface area contributed by atoms with Crippen molar-refractivity contribution in [2.24, 2.45) is 0 Å². The zero-order valence-electron chi connectivity index (χ0n) is 9.36. The fourth-order valence-corrected chi connectivity index (χ4v) is 2.08. The van der Waals surface area contributed by atoms with Gasteiger partial charge in [0, 0.05) is 12.6 Å². The summed E-state index contributed by atoms with van der Waals surface area (Å²) in [6.07, 6.45) is 5.71. The van der Waals surface area contributed by atoms with Crippen LogP contribution >= 0.6 is 0 Å². The van der Waals surface area contributed by atoms with Crippen molar-refractivity contribution in [2.45, 2.75) is 45.3 Å². The molecule has 3 nitrogen and oxygen atoms in total. The maximum Gasteiger partial charge on any atom is 0.126 e. The molecule has 0 aromatic carbocycles. The first kappa shape index (κ1) is 10.4. The molecular weight excluding hydrogens is 188 g/mol. The van der Waals surface area contributed by atoms with E-state index in [0.29, 0.717) is 18.0 Å². The number of ether oxygens (including phenoxy) is 1. The highest BCUT2D eigenvalue weighted by molar-refractivity contribution is 5.41. The maximum absolute atomic E-state index is 5.84. The molecule has 82 valence electrons. The van der Waals surface area contributed by atoms with Gasteiger partial charge in [0.2, 0.25) is 0 Å². The third-order valence-corrected chi connectivity index (χ3v) is 2.91. The molecule has 1 aliphatic rings. The molecule has 1 saturated heterocycles. The SMILES string of the molecule is Cc1cnc(N)c(CC2CCC(C)O2)c1. The van der Waals surface area contributed by atoms with Crippen molar-refractivity contribution >= 4 is 5.82 Å². The van der Waals surface area contributed by atoms with Crippen molar-refractivity contribution in [3.63, 3.8) is 0 Å². The van der Waals surface area contributed by atoms with E-state index in [-0.39, 0.29) is 0 Å². The lowest BCUT2D eigenvalue weighted by molar-refractivity contribution is 0.0564. The first-order valence-electron chi connectivity index (χ1n) is 5.51. The number of anilines is 1. The van der Waals surface area contributed by atoms with Crippen molar-refractivity contribution in [1.82, 2.24) is 4.98 Å². The number of nitrogens with zero attached hydrogens (tertiary/aromatic N) is 1. The van der Waals surface area contributed by atoms with Gasteiger partial charge >= 0.3 is 0 Å². The molecule has 2 unspecified atom stereocenters. The lowest BCUT2D eigenvalue weighted by Crippen LogP contribution is -2.13. The molecule has 0 spiro atoms. The van der Waals surface area contributed by atoms with Crippen LogP contribution in [0.2, 0.25) is 0 Å². The minimum Gasteiger partial charge on any atom is -0.383 e. The highest BCUT2D eigenvalue weighted by Gasteiger charge is 2.22. The predicted octanol–water partition coefficient (Wildman–Crippen LogP) is 2.08. The second-order valence-electron chi connectivity index (χ2n) is 4.41. The van der Waals surface area contributed by atoms with Crippen LogP contribution in [-0.2, 0) is 11.2 Å². The zero-order chi connectivity index (χ0) is 10.8. The molecule has 1 aromatic rings. The van der Waals surface area contributed by atoms with Crippen LogP contribution in [0.1, 0.15) is 30.9 Å². The maximum atomic E-state index is 5.84. The van der Waals surface area contributed by atoms with Gasteiger partial charge in [0.15, 0.2) is 0 Å². The Labute approximate surface area is 90.7 Å². The molecule has 0 aliphatic carbocycles. The van der Waals surface area contributed by atoms with E-state index in [1.807, 2.05) is 6.92 Å². The number of rotatable bonds is 2. The van der Waals surface area contributed by atoms with Gasteiger partial charge in [-0.25, -0.2) is 4.98 Å². The molecule has 2 heterocycles. The summed E-state index contributed by atoms with van der Waals surface area (Å²) in [6, 6.07) is 2.11. The van der Waals surface area contributed by atoms with Crippen LogP contribution in [-0.4, -0.2) is 17.2 Å². The minimum absolute atomic E-state index is 0.325. The molecule has 0 radical (unpaired) electrons. The summed E-state index contributed by atoms with van der Waals surface area (Å²) in [5.41, 5.74) is 8.11. The highest BCUT2D eigenvalue weighted by Crippen LogP contribution is 2.24. The van der Waals surface area contributed by atoms with Gasteiger partial charge in [-0.3, -0.25) is 0 Å². The Kier molecular flexibility index (Phi) is 2.91. The van der Waals surface area contributed by atoms with E-state index in [2.05, 4.69) is 18.0 Å². The van der Waals surface area contributed by atoms with Crippen molar-refractivity contribution in [3.8, 4) is 0 Å². The second kappa shape index (κ2) is 4.19. The predicted molar refractivity (Wildman–Crippen MR) is 60.7 cm³/mol. The Morgan fingerprint density at radius 2 is 2.33 bits per heavy atom. The van der Waals surface area contributed by atoms with Crippen LogP contribution in [0.15, 0.2) is 12.3 Å². The largest absolute Gasteiger partial charge is 0.383 e. The Hall–Kier alpha value is -1.09. The molecule has 1 fully saturated rings. The molecular formula is C12H18N2O. The van der Waals surface area contributed by atoms with Crippen LogP contribution in [0.25, 0.3) is 0 Å². The lowest BCUT2D eigenvalue weighted by atomic mass is 10.0. The van der Waals surface area contributed by atoms with E-state index >= 15 is 0 Å². The van der Waals surface area contributed by atoms with Crippen molar-refractivity contribution < 1.29 is 4.74 Å². The third-order valence-electron chi connectivity index (χ3n) is 2.91. The molecule has 15 heavy (non-hydrogen) atoms. The number of nitrogen functional groups attached to an aromatic ring is 1. The molecule has 1 aromatic heterocycles. The van der Waals surface area contributed by atoms with Crippen molar-refractivity contribution in [3.05, 3.63) is 23.4 Å². The van der Waals surface area contributed by atoms with Crippen LogP contribution < -0.4 is 5.73 Å². The topological polar surface area (TPSA) is 48.1 Å². The van der Waals surface area contributed by atoms with Gasteiger partial charge < -0.3 is 10.5 Å². The summed E-state index contributed by atoms with van der Waals surface area (Å²) in [6.45, 7) is 4.16. The number of pyridine rings is 1. The van der Waals surface area contributed by atoms with Gasteiger partial charge in [-0.1, -0.05) is 6.07 Å². The monoisotopic (exact) mass is 206 g/mol. The second-order valence-corrected chi connectivity index (χ2v) is 4.41. The number of nitrogens with two attached hydrogens (primary N) is 1. The van der Waals surface area contributed by atoms with E-state index in [1.165, 1.54) is 0 Å². The molecule has 3 heteroatoms. The quantitative estimate of drug-likeness (QED) is 0.806. The smallest absolute Gasteiger partial charge is 0.126 e. The van der Waals surface area contributed by atoms with Crippen molar-refractivity contribution in [2.75, 3.05) is 5.73 Å². The highest BCUT2D eigenvalue weighted by atomic mass is 16.5. The summed E-state index contributed by atoms with van der Waals surface area (Å²) >= 11 is 0. The Morgan fingerprint density at radius 1 is 1.53 bits per heavy atom. The molecule has 0 saturated carbocycles. The van der Waals surface area contributed by atoms with E-state index in [4.69, 9.17) is 10.5 Å². The van der Waals surface area contributed by atoms with Crippen molar-refractivity contribution in [1.29, 1.82) is 0 Å². The van der Waals surface area contributed by atoms with Crippen LogP contribution in [0.5, 0.6) is 0 Å². The van der Waals surface area contributed by atoms with E-state index in [9.17, 15) is 0 Å². The first-order chi connectivity index (χ1) is 7.15. The van der Waals surface area contributed by atoms with E-state index < -0.39 is 0 Å². The molecule has 2 rings (SSSR count). The van der Waals surface area contributed by atoms with Gasteiger partial charge in [-0.15, -0.1) is 0 Å². The number of hydrogen-bond acceptors (Lipinski definition) is 3. The van der Waals surface area contributed by atoms with Gasteiger partial charge in [0.05, 0.1) is 12.2 Å². The Morgan fingerprint density at radius 3 is 3.00 bits per heavy atom. The van der Waals surface area contributed by atoms with Crippen LogP contribution in [0, 0.1) is 6.92 Å². The molecule has 1 aliphatic heterocycles. The van der Waals surface area contributed by atoms with E-state index in [0.717, 1.165) is 30.4 Å². The van der Waals surface area contributed by atoms with Gasteiger partial charge in [0.1, 0.15) is 5.82 Å². The van der Waals surface area contributed by atoms with Crippen LogP contribution in [0.3, 0.4) is 0 Å². The molecule has 2 atom stereocenters. The minimum atomic E-state index is 0.325. The summed E-state index contributed by atoms with van der Waals surface area (Å²) in [5, 5.41) is 0. The average Bonchev–Trinajstić information content (AvgIpc) is 2.58. The Bertz CT molecular complexity index is 351. The number of hydrogen-bond donors (Lipinski definition) is 1. The average molecular weight is 206 g/mol. The Balaban J connectivity index is 2.07. The molecule has 0 amide bonds. The third kappa shape index (κ3) is 2.48. The fourth-order valence-electron chi connectivity index (χ4n) is 2.08. The summed E-state index contributed by atoms with van der Waals surface area (Å²) in [7, 11) is 0. The van der Waals surface area contributed by atoms with Gasteiger partial charge in [0.25, 0.3) is 0 Å². The van der Waals surface area contributed by atoms with Gasteiger partial charge in [-0.2, -0.15) is 0 Å². The first-order valence-corrected chi connectivity index (χ1v) is 5.51. The lowest BCUT2D eigenvalue weighted by Gasteiger charge is -2.12. The molecule has 0 bridgehead atoms. The number of aryl methyl sites for hydroxylation is 1. The fraction of sp³-hybridized carbons (Fsp3) is 0.583. The summed E-state index contributed by atoms with van der Waals surface area (Å²) in [4.78, 5) is 4.16. The zero-order valence-corrected chi connectivity index (χ0v) is 9.36. The molecule has 2 N–H and O–H groups in total. The standard InChI is InChI=1S/C12H18N2O/c1-8-5-10(12(13)14-7-8)6-11-4-3-9(2)15-11/h5,7,9,11H,3-4,6H2,1-2H3,(H2,13,14). The number of aromatic nitrogens is 1. The van der Waals surface area contributed by atoms with Gasteiger partial charge in [-0.05, 0) is 37.8 Å². The van der Waals surface area contributed by atoms with Crippen LogP contribution in [0.4, 0.5) is 5.82 Å². The normalized spacial score (nSPS) is 25.7. The van der Waals surface area contributed by atoms with E-state index in [1.54, 1.807) is 6.20 Å². The summed E-state index contributed by atoms with van der Waals surface area (Å²) in [5.74, 6) is 0.642. The summed E-state index contributed by atoms with van der Waals surface area (Å²) < 4.78 is 5.78.